The number of carboxylic acids is 2. The largest absolute Gasteiger partial charge is 0.481 e. The fourth-order valence-corrected chi connectivity index (χ4v) is 0.557. The predicted molar refractivity (Wildman–Crippen MR) is 40.6 cm³/mol. The molecule has 1 radical (unpaired) electrons. The molecule has 0 aliphatic heterocycles. The summed E-state index contributed by atoms with van der Waals surface area (Å²) in [6.07, 6.45) is -0.617. The van der Waals surface area contributed by atoms with Crippen LogP contribution in [0.15, 0.2) is 0 Å². The van der Waals surface area contributed by atoms with Gasteiger partial charge in [0.2, 0.25) is 0 Å². The molecule has 0 saturated carbocycles. The van der Waals surface area contributed by atoms with Crippen LogP contribution in [0.3, 0.4) is 0 Å². The number of carboxylic acid groups (broad SMARTS) is 2. The Kier molecular flexibility index (Phi) is 6.35. The van der Waals surface area contributed by atoms with Crippen molar-refractivity contribution in [1.29, 1.82) is 0 Å². The van der Waals surface area contributed by atoms with E-state index in [-0.39, 0.29) is 20.4 Å². The molecule has 0 bridgehead atoms. The Bertz CT molecular complexity index is 169. The van der Waals surface area contributed by atoms with Gasteiger partial charge in [-0.15, -0.1) is 25.3 Å². The molecule has 0 unspecified atom stereocenters. The molecule has 2 N–H and O–H groups in total. The molecule has 0 saturated heterocycles. The van der Waals surface area contributed by atoms with Crippen LogP contribution in [-0.4, -0.2) is 26.2 Å². The van der Waals surface area contributed by atoms with Gasteiger partial charge in [-0.3, -0.25) is 4.79 Å². The monoisotopic (exact) mass is 369 g/mol. The number of rotatable bonds is 3. The van der Waals surface area contributed by atoms with Crippen LogP contribution in [-0.2, 0) is 30.0 Å². The molecule has 0 heterocycles. The van der Waals surface area contributed by atoms with Crippen molar-refractivity contribution in [1.82, 2.24) is 0 Å². The van der Waals surface area contributed by atoms with Crippen LogP contribution in [0.2, 0.25) is 0 Å². The summed E-state index contributed by atoms with van der Waals surface area (Å²) in [5.74, 6) is -2.60. The molecule has 0 amide bonds. The summed E-state index contributed by atoms with van der Waals surface area (Å²) in [6, 6.07) is 0. The fourth-order valence-electron chi connectivity index (χ4n) is 0.286. The Morgan fingerprint density at radius 1 is 1.27 bits per heavy atom. The van der Waals surface area contributed by atoms with Gasteiger partial charge in [-0.25, -0.2) is 4.79 Å². The minimum Gasteiger partial charge on any atom is -0.481 e. The Morgan fingerprint density at radius 2 is 1.64 bits per heavy atom. The van der Waals surface area contributed by atoms with Gasteiger partial charge in [0.1, 0.15) is 0 Å². The molecule has 4 nitrogen and oxygen atoms in total. The van der Waals surface area contributed by atoms with Gasteiger partial charge in [0.15, 0.2) is 4.08 Å². The van der Waals surface area contributed by atoms with E-state index in [1.54, 1.807) is 0 Å². The first-order valence-electron chi connectivity index (χ1n) is 2.26. The van der Waals surface area contributed by atoms with Gasteiger partial charge in [-0.1, -0.05) is 0 Å². The maximum Gasteiger partial charge on any atom is 0.330 e. The van der Waals surface area contributed by atoms with Crippen LogP contribution in [0.4, 0.5) is 0 Å². The molecule has 0 atom stereocenters. The van der Waals surface area contributed by atoms with Gasteiger partial charge in [-0.2, -0.15) is 0 Å². The Balaban J connectivity index is 0. The second-order valence-electron chi connectivity index (χ2n) is 1.69. The maximum atomic E-state index is 10.1. The van der Waals surface area contributed by atoms with E-state index in [1.165, 1.54) is 0 Å². The molecule has 0 aliphatic carbocycles. The molecule has 0 spiro atoms. The zero-order valence-corrected chi connectivity index (χ0v) is 9.70. The number of hydrogen-bond donors (Lipinski definition) is 4. The summed E-state index contributed by atoms with van der Waals surface area (Å²) in [4.78, 5) is 20.1. The number of thiol groups is 2. The van der Waals surface area contributed by atoms with E-state index in [0.717, 1.165) is 0 Å². The van der Waals surface area contributed by atoms with Crippen molar-refractivity contribution in [2.24, 2.45) is 0 Å². The van der Waals surface area contributed by atoms with Crippen molar-refractivity contribution in [3.63, 3.8) is 0 Å². The quantitative estimate of drug-likeness (QED) is 0.421. The van der Waals surface area contributed by atoms with Gasteiger partial charge >= 0.3 is 11.9 Å². The first kappa shape index (κ1) is 13.9. The van der Waals surface area contributed by atoms with Crippen LogP contribution in [0.25, 0.3) is 0 Å². The van der Waals surface area contributed by atoms with Crippen molar-refractivity contribution in [2.45, 2.75) is 10.5 Å². The van der Waals surface area contributed by atoms with Crippen molar-refractivity contribution in [3.05, 3.63) is 0 Å². The Morgan fingerprint density at radius 3 is 1.73 bits per heavy atom. The molecule has 7 heteroatoms. The Labute approximate surface area is 87.8 Å². The average molecular weight is 368 g/mol. The molecular weight excluding hydrogens is 362 g/mol. The molecule has 65 valence electrons. The fraction of sp³-hybridized carbons (Fsp3) is 0.500. The van der Waals surface area contributed by atoms with E-state index < -0.39 is 22.4 Å². The molecule has 0 aromatic heterocycles. The summed E-state index contributed by atoms with van der Waals surface area (Å²) < 4.78 is -1.77. The van der Waals surface area contributed by atoms with Gasteiger partial charge < -0.3 is 10.2 Å². The first-order valence-corrected chi connectivity index (χ1v) is 3.15. The third-order valence-electron chi connectivity index (χ3n) is 0.740. The van der Waals surface area contributed by atoms with Crippen molar-refractivity contribution < 1.29 is 40.2 Å². The summed E-state index contributed by atoms with van der Waals surface area (Å²) in [5, 5.41) is 16.4. The van der Waals surface area contributed by atoms with Gasteiger partial charge in [0, 0.05) is 20.4 Å². The minimum atomic E-state index is -1.77. The average Bonchev–Trinajstić information content (AvgIpc) is 1.60. The minimum absolute atomic E-state index is 0. The topological polar surface area (TPSA) is 74.6 Å². The molecule has 0 fully saturated rings. The number of aliphatic carboxylic acids is 2. The molecule has 0 aromatic rings. The molecular formula is C4H6O4ReS2. The van der Waals surface area contributed by atoms with E-state index >= 15 is 0 Å². The van der Waals surface area contributed by atoms with E-state index in [9.17, 15) is 9.59 Å². The van der Waals surface area contributed by atoms with Crippen LogP contribution in [0, 0.1) is 0 Å². The molecule has 0 aliphatic rings. The van der Waals surface area contributed by atoms with E-state index in [1.807, 2.05) is 0 Å². The summed E-state index contributed by atoms with van der Waals surface area (Å²) in [6.45, 7) is 0. The Hall–Kier alpha value is 0.302. The summed E-state index contributed by atoms with van der Waals surface area (Å²) in [7, 11) is 0. The normalized spacial score (nSPS) is 10.0. The van der Waals surface area contributed by atoms with Gasteiger partial charge in [-0.05, 0) is 0 Å². The van der Waals surface area contributed by atoms with Gasteiger partial charge in [0.25, 0.3) is 0 Å². The SMILES string of the molecule is O=C(O)CC(S)(S)C(=O)O.[Re]. The van der Waals surface area contributed by atoms with Crippen molar-refractivity contribution in [3.8, 4) is 0 Å². The van der Waals surface area contributed by atoms with Gasteiger partial charge in [0.05, 0.1) is 6.42 Å². The van der Waals surface area contributed by atoms with Crippen LogP contribution < -0.4 is 0 Å². The van der Waals surface area contributed by atoms with E-state index in [4.69, 9.17) is 10.2 Å². The van der Waals surface area contributed by atoms with E-state index in [0.29, 0.717) is 0 Å². The summed E-state index contributed by atoms with van der Waals surface area (Å²) >= 11 is 7.01. The van der Waals surface area contributed by atoms with Crippen LogP contribution in [0.5, 0.6) is 0 Å². The smallest absolute Gasteiger partial charge is 0.330 e. The number of carbonyl (C=O) groups is 2. The van der Waals surface area contributed by atoms with Crippen molar-refractivity contribution in [2.75, 3.05) is 0 Å². The van der Waals surface area contributed by atoms with Crippen molar-refractivity contribution >= 4 is 37.2 Å². The second-order valence-corrected chi connectivity index (χ2v) is 3.57. The third-order valence-corrected chi connectivity index (χ3v) is 1.44. The molecule has 0 aromatic carbocycles. The van der Waals surface area contributed by atoms with E-state index in [2.05, 4.69) is 25.3 Å². The number of hydrogen-bond acceptors (Lipinski definition) is 4. The third kappa shape index (κ3) is 5.56. The van der Waals surface area contributed by atoms with Crippen LogP contribution >= 0.6 is 25.3 Å². The maximum absolute atomic E-state index is 10.1. The standard InChI is InChI=1S/C4H6O4S2.Re/c5-2(6)1-4(9,10)3(7)8;/h9-10H,1H2,(H,5,6)(H,7,8);. The zero-order valence-electron chi connectivity index (χ0n) is 5.19. The zero-order chi connectivity index (χ0) is 8.36. The van der Waals surface area contributed by atoms with Crippen LogP contribution in [0.1, 0.15) is 6.42 Å². The first-order chi connectivity index (χ1) is 4.36. The summed E-state index contributed by atoms with van der Waals surface area (Å²) in [5.41, 5.74) is 0. The molecule has 11 heavy (non-hydrogen) atoms. The predicted octanol–water partition coefficient (Wildman–Crippen LogP) is 0.0991. The second kappa shape index (κ2) is 5.04. The molecule has 0 rings (SSSR count).